The van der Waals surface area contributed by atoms with Gasteiger partial charge in [0, 0.05) is 83.0 Å². The van der Waals surface area contributed by atoms with Gasteiger partial charge in [0.15, 0.2) is 0 Å². The number of hydrogen-bond acceptors (Lipinski definition) is 12. The second-order valence-electron chi connectivity index (χ2n) is 11.9. The molecule has 5 heterocycles. The summed E-state index contributed by atoms with van der Waals surface area (Å²) in [5.41, 5.74) is 5.47. The molecule has 0 saturated carbocycles. The minimum absolute atomic E-state index is 0.0509. The Kier molecular flexibility index (Phi) is 25.0. The van der Waals surface area contributed by atoms with Crippen LogP contribution in [0.2, 0.25) is 0 Å². The Morgan fingerprint density at radius 2 is 1.40 bits per heavy atom. The zero-order chi connectivity index (χ0) is 32.1. The lowest BCUT2D eigenvalue weighted by molar-refractivity contribution is 0.182. The first kappa shape index (κ1) is 42.5. The number of nitriles is 1. The summed E-state index contributed by atoms with van der Waals surface area (Å²) in [7, 11) is 4.92. The number of β-amino-alcohol motifs (C(OH)–C–C–N with tert-alkyl or cyclic N) is 2. The van der Waals surface area contributed by atoms with Gasteiger partial charge in [0.25, 0.3) is 10.1 Å². The molecule has 5 fully saturated rings. The molecule has 0 spiro atoms. The Morgan fingerprint density at radius 1 is 0.857 bits per heavy atom. The smallest absolute Gasteiger partial charge is 0.264 e. The fourth-order valence-electron chi connectivity index (χ4n) is 5.03. The monoisotopic (exact) mass is 845 g/mol. The highest BCUT2D eigenvalue weighted by molar-refractivity contribution is 15.0. The van der Waals surface area contributed by atoms with Gasteiger partial charge in [-0.1, -0.05) is 0 Å². The maximum absolute atomic E-state index is 10.7. The number of aliphatic hydroxyl groups excluding tert-OH is 2. The predicted molar refractivity (Wildman–Crippen MR) is 187 cm³/mol. The molecule has 5 saturated heterocycles. The molecule has 5 N–H and O–H groups in total. The van der Waals surface area contributed by atoms with Crippen LogP contribution in [0.1, 0.15) is 32.1 Å². The molecule has 0 aromatic heterocycles. The summed E-state index contributed by atoms with van der Waals surface area (Å²) in [4.78, 5) is 8.70. The molecule has 12 nitrogen and oxygen atoms in total. The Bertz CT molecular complexity index is 813. The number of aliphatic hydroxyl groups is 2. The first-order valence-corrected chi connectivity index (χ1v) is 22.8. The van der Waals surface area contributed by atoms with Crippen LogP contribution in [0.4, 0.5) is 0 Å². The highest BCUT2D eigenvalue weighted by atomic mass is 128. The zero-order valence-corrected chi connectivity index (χ0v) is 31.4. The van der Waals surface area contributed by atoms with Gasteiger partial charge in [-0.3, -0.25) is 4.18 Å². The van der Waals surface area contributed by atoms with Crippen LogP contribution in [0.15, 0.2) is 0 Å². The van der Waals surface area contributed by atoms with Gasteiger partial charge in [0.05, 0.1) is 36.6 Å². The van der Waals surface area contributed by atoms with E-state index in [1.807, 2.05) is 14.1 Å². The van der Waals surface area contributed by atoms with Crippen molar-refractivity contribution < 1.29 is 22.8 Å². The van der Waals surface area contributed by atoms with E-state index in [1.54, 1.807) is 0 Å². The fraction of sp³-hybridized carbons (Fsp3) is 0.963. The maximum atomic E-state index is 10.7. The zero-order valence-electron chi connectivity index (χ0n) is 26.3. The Morgan fingerprint density at radius 3 is 1.64 bits per heavy atom. The minimum Gasteiger partial charge on any atom is -0.392 e. The molecule has 0 aromatic rings. The van der Waals surface area contributed by atoms with Crippen LogP contribution in [0.25, 0.3) is 0 Å². The average molecular weight is 846 g/mol. The molecule has 0 unspecified atom stereocenters. The third kappa shape index (κ3) is 23.0. The van der Waals surface area contributed by atoms with Gasteiger partial charge in [0.2, 0.25) is 0 Å². The van der Waals surface area contributed by atoms with Gasteiger partial charge in [-0.15, -0.1) is 0 Å². The number of nitrogens with two attached hydrogens (primary N) is 1. The second kappa shape index (κ2) is 24.7. The minimum atomic E-state index is -3.26. The van der Waals surface area contributed by atoms with E-state index in [9.17, 15) is 8.42 Å². The second-order valence-corrected chi connectivity index (χ2v) is 13.5. The van der Waals surface area contributed by atoms with E-state index in [4.69, 9.17) is 25.4 Å². The van der Waals surface area contributed by atoms with Crippen LogP contribution < -0.4 is 11.1 Å². The van der Waals surface area contributed by atoms with Gasteiger partial charge in [-0.2, -0.15) is 13.7 Å². The van der Waals surface area contributed by atoms with Crippen LogP contribution >= 0.6 is 37.2 Å². The van der Waals surface area contributed by atoms with Crippen molar-refractivity contribution in [2.24, 2.45) is 17.6 Å². The van der Waals surface area contributed by atoms with Gasteiger partial charge in [-0.25, -0.2) is 0 Å². The van der Waals surface area contributed by atoms with Crippen molar-refractivity contribution >= 4 is 47.3 Å². The molecule has 5 atom stereocenters. The third-order valence-corrected chi connectivity index (χ3v) is 8.08. The number of hydrogen-bond donors (Lipinski definition) is 4. The SMILES string of the molecule is CN1CC[C@@H](O)C1.CN1CC[C@@H](OS(C)(=O)=O)C1.CN1CC[C@H](C#N)C1.CN1CC[C@H](CN)C1.II.O[C@@H]1CCNC1. The van der Waals surface area contributed by atoms with Crippen molar-refractivity contribution in [3.8, 4) is 6.07 Å². The fourth-order valence-corrected chi connectivity index (χ4v) is 5.68. The number of nitrogens with one attached hydrogen (secondary N) is 1. The van der Waals surface area contributed by atoms with E-state index in [0.29, 0.717) is 12.5 Å². The lowest BCUT2D eigenvalue weighted by Gasteiger charge is -2.08. The predicted octanol–water partition coefficient (Wildman–Crippen LogP) is 0.820. The van der Waals surface area contributed by atoms with E-state index >= 15 is 0 Å². The quantitative estimate of drug-likeness (QED) is 0.235. The van der Waals surface area contributed by atoms with Crippen molar-refractivity contribution in [1.82, 2.24) is 24.9 Å². The number of rotatable bonds is 3. The standard InChI is InChI=1S/C6H14N2.C6H10N2.C6H13NO3S.C5H11NO.C4H9NO.I2/c2*1-8-3-2-6(4-7)5-8;1-7-4-3-6(5-7)10-11(2,8)9;1-6-3-2-5(7)4-6;6-4-1-2-5-3-4;1-2/h6H,2-5,7H2,1H3;6H,2-3,5H2,1H3;6H,3-5H2,1-2H3;5,7H,2-4H2,1H3;4-6H,1-3H2;/t3*6-;5-;4-;/m11111./s1. The van der Waals surface area contributed by atoms with Gasteiger partial charge >= 0.3 is 0 Å². The lowest BCUT2D eigenvalue weighted by atomic mass is 10.1. The number of halogens is 2. The van der Waals surface area contributed by atoms with E-state index in [1.165, 1.54) is 19.5 Å². The Balaban J connectivity index is 0.000000499. The summed E-state index contributed by atoms with van der Waals surface area (Å²) in [5.74, 6) is 1.08. The first-order chi connectivity index (χ1) is 19.8. The van der Waals surface area contributed by atoms with Crippen molar-refractivity contribution in [2.45, 2.75) is 50.4 Å². The molecule has 0 amide bonds. The van der Waals surface area contributed by atoms with Crippen LogP contribution in [0, 0.1) is 23.2 Å². The highest BCUT2D eigenvalue weighted by Gasteiger charge is 2.23. The number of likely N-dealkylation sites (N-methyl/N-ethyl adjacent to an activating group) is 2. The Hall–Kier alpha value is 0.540. The average Bonchev–Trinajstić information content (AvgIpc) is 3.78. The van der Waals surface area contributed by atoms with Gasteiger partial charge < -0.3 is 40.9 Å². The normalized spacial score (nSPS) is 29.8. The summed E-state index contributed by atoms with van der Waals surface area (Å²) in [6.07, 6.45) is 5.90. The summed E-state index contributed by atoms with van der Waals surface area (Å²) in [5, 5.41) is 29.0. The Labute approximate surface area is 279 Å². The molecule has 250 valence electrons. The molecule has 15 heteroatoms. The summed E-state index contributed by atoms with van der Waals surface area (Å²) in [6.45, 7) is 10.7. The summed E-state index contributed by atoms with van der Waals surface area (Å²) < 4.78 is 26.1. The molecule has 0 aromatic carbocycles. The molecule has 5 aliphatic rings. The van der Waals surface area contributed by atoms with Crippen molar-refractivity contribution in [2.75, 3.05) is 106 Å². The molecule has 5 aliphatic heterocycles. The number of likely N-dealkylation sites (tertiary alicyclic amines) is 4. The molecular weight excluding hydrogens is 788 g/mol. The van der Waals surface area contributed by atoms with Crippen molar-refractivity contribution in [3.63, 3.8) is 0 Å². The van der Waals surface area contributed by atoms with E-state index < -0.39 is 10.1 Å². The van der Waals surface area contributed by atoms with Crippen molar-refractivity contribution in [1.29, 1.82) is 5.26 Å². The van der Waals surface area contributed by atoms with E-state index in [0.717, 1.165) is 90.2 Å². The number of nitrogens with zero attached hydrogens (tertiary/aromatic N) is 5. The molecule has 0 aliphatic carbocycles. The summed E-state index contributed by atoms with van der Waals surface area (Å²) >= 11 is 4.24. The molecule has 0 radical (unpaired) electrons. The molecule has 42 heavy (non-hydrogen) atoms. The topological polar surface area (TPSA) is 159 Å². The summed E-state index contributed by atoms with van der Waals surface area (Å²) in [6, 6.07) is 2.25. The van der Waals surface area contributed by atoms with Gasteiger partial charge in [-0.05, 0) is 92.4 Å². The lowest BCUT2D eigenvalue weighted by Crippen LogP contribution is -2.21. The third-order valence-electron chi connectivity index (χ3n) is 7.46. The van der Waals surface area contributed by atoms with E-state index in [2.05, 4.69) is 82.3 Å². The first-order valence-electron chi connectivity index (χ1n) is 14.7. The molecular formula is C27H57I2N7O5S. The van der Waals surface area contributed by atoms with E-state index in [-0.39, 0.29) is 18.3 Å². The molecule has 0 bridgehead atoms. The van der Waals surface area contributed by atoms with Gasteiger partial charge in [0.1, 0.15) is 0 Å². The highest BCUT2D eigenvalue weighted by Crippen LogP contribution is 2.13. The maximum Gasteiger partial charge on any atom is 0.264 e. The van der Waals surface area contributed by atoms with Crippen LogP contribution in [0.5, 0.6) is 0 Å². The van der Waals surface area contributed by atoms with Crippen LogP contribution in [0.3, 0.4) is 0 Å². The molecule has 5 rings (SSSR count). The largest absolute Gasteiger partial charge is 0.392 e. The van der Waals surface area contributed by atoms with Crippen LogP contribution in [-0.4, -0.2) is 163 Å². The van der Waals surface area contributed by atoms with Crippen molar-refractivity contribution in [3.05, 3.63) is 0 Å². The van der Waals surface area contributed by atoms with Crippen LogP contribution in [-0.2, 0) is 14.3 Å².